The van der Waals surface area contributed by atoms with Crippen molar-refractivity contribution in [2.75, 3.05) is 0 Å². The molecule has 0 aliphatic heterocycles. The molecule has 0 spiro atoms. The molecule has 0 nitrogen and oxygen atoms in total. The Labute approximate surface area is 184 Å². The summed E-state index contributed by atoms with van der Waals surface area (Å²) in [6.45, 7) is 21.1. The molecule has 1 aromatic rings. The highest BCUT2D eigenvalue weighted by Crippen LogP contribution is 2.27. The Kier molecular flexibility index (Phi) is 11.0. The molecule has 0 unspecified atom stereocenters. The quantitative estimate of drug-likeness (QED) is 0.306. The van der Waals surface area contributed by atoms with Gasteiger partial charge in [0.1, 0.15) is 0 Å². The van der Waals surface area contributed by atoms with Gasteiger partial charge >= 0.3 is 0 Å². The number of aryl methyl sites for hydroxylation is 2. The topological polar surface area (TPSA) is 0 Å². The van der Waals surface area contributed by atoms with Gasteiger partial charge in [-0.05, 0) is 97.9 Å². The summed E-state index contributed by atoms with van der Waals surface area (Å²) >= 11 is 0. The van der Waals surface area contributed by atoms with Gasteiger partial charge in [-0.3, -0.25) is 0 Å². The van der Waals surface area contributed by atoms with Gasteiger partial charge in [0.15, 0.2) is 0 Å². The number of hydrogen-bond acceptors (Lipinski definition) is 0. The van der Waals surface area contributed by atoms with E-state index in [2.05, 4.69) is 68.4 Å². The third kappa shape index (κ3) is 11.3. The molecule has 0 amide bonds. The van der Waals surface area contributed by atoms with Crippen LogP contribution in [0.5, 0.6) is 0 Å². The Morgan fingerprint density at radius 2 is 1.00 bits per heavy atom. The van der Waals surface area contributed by atoms with Crippen LogP contribution in [0.3, 0.4) is 0 Å². The van der Waals surface area contributed by atoms with Crippen LogP contribution >= 0.6 is 0 Å². The average Bonchev–Trinajstić information content (AvgIpc) is 2.59. The lowest BCUT2D eigenvalue weighted by atomic mass is 9.87. The summed E-state index contributed by atoms with van der Waals surface area (Å²) in [4.78, 5) is 0. The second kappa shape index (κ2) is 12.2. The van der Waals surface area contributed by atoms with Crippen molar-refractivity contribution in [1.82, 2.24) is 0 Å². The Hall–Kier alpha value is -0.780. The van der Waals surface area contributed by atoms with Crippen molar-refractivity contribution in [3.63, 3.8) is 0 Å². The SMILES string of the molecule is Cc1cc(CCCCCCC(C)(C)C)c(CCCCCCC(C)(C)C)c(C)c1C. The number of unbranched alkanes of at least 4 members (excludes halogenated alkanes) is 6. The summed E-state index contributed by atoms with van der Waals surface area (Å²) in [6.07, 6.45) is 16.3. The molecule has 0 bridgehead atoms. The maximum Gasteiger partial charge on any atom is -0.0273 e. The molecule has 0 aliphatic rings. The van der Waals surface area contributed by atoms with Crippen molar-refractivity contribution in [3.05, 3.63) is 33.9 Å². The van der Waals surface area contributed by atoms with Crippen molar-refractivity contribution in [3.8, 4) is 0 Å². The molecule has 0 aliphatic carbocycles. The normalized spacial score (nSPS) is 12.6. The summed E-state index contributed by atoms with van der Waals surface area (Å²) in [5.74, 6) is 0. The third-order valence-corrected chi connectivity index (χ3v) is 6.61. The molecule has 0 aromatic heterocycles. The van der Waals surface area contributed by atoms with Crippen molar-refractivity contribution in [1.29, 1.82) is 0 Å². The van der Waals surface area contributed by atoms with Crippen molar-refractivity contribution >= 4 is 0 Å². The van der Waals surface area contributed by atoms with Crippen molar-refractivity contribution < 1.29 is 0 Å². The smallest absolute Gasteiger partial charge is 0.0273 e. The molecule has 0 N–H and O–H groups in total. The fourth-order valence-corrected chi connectivity index (χ4v) is 4.43. The lowest BCUT2D eigenvalue weighted by Crippen LogP contribution is -2.05. The van der Waals surface area contributed by atoms with E-state index in [0.29, 0.717) is 10.8 Å². The Balaban J connectivity index is 2.52. The highest BCUT2D eigenvalue weighted by molar-refractivity contribution is 5.44. The van der Waals surface area contributed by atoms with Crippen molar-refractivity contribution in [2.24, 2.45) is 10.8 Å². The van der Waals surface area contributed by atoms with Gasteiger partial charge in [-0.1, -0.05) is 86.1 Å². The van der Waals surface area contributed by atoms with Crippen LogP contribution < -0.4 is 0 Å². The minimum Gasteiger partial charge on any atom is -0.0602 e. The zero-order valence-corrected chi connectivity index (χ0v) is 21.6. The second-order valence-corrected chi connectivity index (χ2v) is 12.0. The van der Waals surface area contributed by atoms with E-state index in [9.17, 15) is 0 Å². The summed E-state index contributed by atoms with van der Waals surface area (Å²) in [5.41, 5.74) is 8.88. The Morgan fingerprint density at radius 1 is 0.552 bits per heavy atom. The minimum absolute atomic E-state index is 0.491. The Morgan fingerprint density at radius 3 is 1.48 bits per heavy atom. The molecule has 1 aromatic carbocycles. The zero-order valence-electron chi connectivity index (χ0n) is 21.6. The molecule has 0 heteroatoms. The summed E-state index contributed by atoms with van der Waals surface area (Å²) in [7, 11) is 0. The molecular weight excluding hydrogens is 348 g/mol. The van der Waals surface area contributed by atoms with Crippen molar-refractivity contribution in [2.45, 2.75) is 139 Å². The van der Waals surface area contributed by atoms with Gasteiger partial charge in [0.05, 0.1) is 0 Å². The molecule has 0 fully saturated rings. The van der Waals surface area contributed by atoms with Crippen LogP contribution in [0.2, 0.25) is 0 Å². The predicted octanol–water partition coefficient (Wildman–Crippen LogP) is 9.69. The first-order chi connectivity index (χ1) is 13.4. The summed E-state index contributed by atoms with van der Waals surface area (Å²) < 4.78 is 0. The molecule has 168 valence electrons. The van der Waals surface area contributed by atoms with Crippen LogP contribution in [0.4, 0.5) is 0 Å². The highest BCUT2D eigenvalue weighted by atomic mass is 14.2. The predicted molar refractivity (Wildman–Crippen MR) is 133 cm³/mol. The monoisotopic (exact) mass is 400 g/mol. The van der Waals surface area contributed by atoms with Crippen LogP contribution in [-0.2, 0) is 12.8 Å². The standard InChI is InChI=1S/C29H52/c1-23-22-26(18-14-10-12-16-20-28(4,5)6)27(25(3)24(23)2)19-15-11-13-17-21-29(7,8)9/h22H,10-21H2,1-9H3. The lowest BCUT2D eigenvalue weighted by Gasteiger charge is -2.19. The van der Waals surface area contributed by atoms with E-state index in [0.717, 1.165) is 0 Å². The number of benzene rings is 1. The first kappa shape index (κ1) is 26.3. The van der Waals surface area contributed by atoms with Gasteiger partial charge in [0.2, 0.25) is 0 Å². The average molecular weight is 401 g/mol. The van der Waals surface area contributed by atoms with Crippen LogP contribution in [0.25, 0.3) is 0 Å². The van der Waals surface area contributed by atoms with E-state index < -0.39 is 0 Å². The maximum atomic E-state index is 2.51. The van der Waals surface area contributed by atoms with E-state index in [1.165, 1.54) is 88.2 Å². The van der Waals surface area contributed by atoms with Gasteiger partial charge in [0.25, 0.3) is 0 Å². The summed E-state index contributed by atoms with van der Waals surface area (Å²) in [6, 6.07) is 2.51. The van der Waals surface area contributed by atoms with E-state index >= 15 is 0 Å². The fourth-order valence-electron chi connectivity index (χ4n) is 4.43. The van der Waals surface area contributed by atoms with E-state index in [1.54, 1.807) is 16.7 Å². The van der Waals surface area contributed by atoms with Crippen LogP contribution in [0.15, 0.2) is 6.07 Å². The molecule has 0 saturated carbocycles. The maximum absolute atomic E-state index is 2.51. The summed E-state index contributed by atoms with van der Waals surface area (Å²) in [5, 5.41) is 0. The van der Waals surface area contributed by atoms with Gasteiger partial charge < -0.3 is 0 Å². The minimum atomic E-state index is 0.491. The highest BCUT2D eigenvalue weighted by Gasteiger charge is 2.12. The number of rotatable bonds is 12. The fraction of sp³-hybridized carbons (Fsp3) is 0.793. The second-order valence-electron chi connectivity index (χ2n) is 12.0. The first-order valence-corrected chi connectivity index (χ1v) is 12.5. The number of hydrogen-bond donors (Lipinski definition) is 0. The molecule has 0 heterocycles. The first-order valence-electron chi connectivity index (χ1n) is 12.5. The zero-order chi connectivity index (χ0) is 22.1. The van der Waals surface area contributed by atoms with E-state index in [4.69, 9.17) is 0 Å². The lowest BCUT2D eigenvalue weighted by molar-refractivity contribution is 0.356. The third-order valence-electron chi connectivity index (χ3n) is 6.61. The molecule has 0 radical (unpaired) electrons. The molecule has 0 atom stereocenters. The van der Waals surface area contributed by atoms with Gasteiger partial charge in [-0.25, -0.2) is 0 Å². The van der Waals surface area contributed by atoms with Crippen LogP contribution in [-0.4, -0.2) is 0 Å². The molecule has 1 rings (SSSR count). The van der Waals surface area contributed by atoms with Gasteiger partial charge in [0, 0.05) is 0 Å². The molecule has 0 saturated heterocycles. The van der Waals surface area contributed by atoms with Crippen LogP contribution in [0.1, 0.15) is 134 Å². The van der Waals surface area contributed by atoms with Gasteiger partial charge in [-0.2, -0.15) is 0 Å². The van der Waals surface area contributed by atoms with Gasteiger partial charge in [-0.15, -0.1) is 0 Å². The Bertz CT molecular complexity index is 592. The van der Waals surface area contributed by atoms with E-state index in [1.807, 2.05) is 0 Å². The largest absolute Gasteiger partial charge is 0.0602 e. The van der Waals surface area contributed by atoms with Crippen LogP contribution in [0, 0.1) is 31.6 Å². The molecular formula is C29H52. The molecule has 29 heavy (non-hydrogen) atoms. The van der Waals surface area contributed by atoms with E-state index in [-0.39, 0.29) is 0 Å².